The summed E-state index contributed by atoms with van der Waals surface area (Å²) in [6.07, 6.45) is 0. The highest BCUT2D eigenvalue weighted by Gasteiger charge is 2.36. The summed E-state index contributed by atoms with van der Waals surface area (Å²) in [5.74, 6) is -1.07. The second-order valence-electron chi connectivity index (χ2n) is 7.10. The highest BCUT2D eigenvalue weighted by molar-refractivity contribution is 7.99. The van der Waals surface area contributed by atoms with Gasteiger partial charge in [-0.05, 0) is 43.2 Å². The number of nitro groups is 1. The number of thioether (sulfide) groups is 1. The number of carbonyl (C=O) groups is 3. The predicted molar refractivity (Wildman–Crippen MR) is 116 cm³/mol. The topological polar surface area (TPSA) is 119 Å². The van der Waals surface area contributed by atoms with E-state index in [1.807, 2.05) is 26.0 Å². The molecule has 1 heterocycles. The molecule has 0 spiro atoms. The van der Waals surface area contributed by atoms with E-state index in [4.69, 9.17) is 0 Å². The minimum atomic E-state index is -0.794. The Kier molecular flexibility index (Phi) is 6.59. The summed E-state index contributed by atoms with van der Waals surface area (Å²) in [5.41, 5.74) is 2.18. The van der Waals surface area contributed by atoms with Crippen LogP contribution in [0.15, 0.2) is 36.4 Å². The van der Waals surface area contributed by atoms with Crippen molar-refractivity contribution in [3.05, 3.63) is 68.8 Å². The summed E-state index contributed by atoms with van der Waals surface area (Å²) < 4.78 is 4.62. The van der Waals surface area contributed by atoms with Crippen molar-refractivity contribution in [2.45, 2.75) is 19.9 Å². The van der Waals surface area contributed by atoms with Crippen LogP contribution in [0.2, 0.25) is 0 Å². The average molecular weight is 443 g/mol. The van der Waals surface area contributed by atoms with E-state index in [1.54, 1.807) is 6.07 Å². The maximum absolute atomic E-state index is 13.1. The van der Waals surface area contributed by atoms with Crippen molar-refractivity contribution in [2.24, 2.45) is 0 Å². The fraction of sp³-hybridized carbons (Fsp3) is 0.286. The number of hydrogen-bond donors (Lipinski definition) is 1. The van der Waals surface area contributed by atoms with E-state index in [9.17, 15) is 24.5 Å². The van der Waals surface area contributed by atoms with Gasteiger partial charge in [-0.2, -0.15) is 0 Å². The molecule has 31 heavy (non-hydrogen) atoms. The van der Waals surface area contributed by atoms with E-state index >= 15 is 0 Å². The number of benzene rings is 2. The molecule has 1 saturated heterocycles. The van der Waals surface area contributed by atoms with Gasteiger partial charge in [0.25, 0.3) is 11.6 Å². The fourth-order valence-electron chi connectivity index (χ4n) is 3.15. The summed E-state index contributed by atoms with van der Waals surface area (Å²) in [6.45, 7) is 3.91. The van der Waals surface area contributed by atoms with Crippen LogP contribution in [0.25, 0.3) is 0 Å². The smallest absolute Gasteiger partial charge is 0.338 e. The molecule has 1 fully saturated rings. The zero-order valence-corrected chi connectivity index (χ0v) is 18.0. The Labute approximate surface area is 182 Å². The monoisotopic (exact) mass is 443 g/mol. The molecule has 1 atom stereocenters. The maximum atomic E-state index is 13.1. The molecule has 2 aromatic carbocycles. The molecule has 0 aromatic heterocycles. The number of nitrogens with one attached hydrogen (secondary N) is 1. The molecule has 10 heteroatoms. The van der Waals surface area contributed by atoms with Gasteiger partial charge in [0.2, 0.25) is 5.91 Å². The third kappa shape index (κ3) is 4.85. The van der Waals surface area contributed by atoms with Crippen molar-refractivity contribution in [3.63, 3.8) is 0 Å². The molecule has 1 unspecified atom stereocenters. The highest BCUT2D eigenvalue weighted by atomic mass is 32.2. The number of amides is 2. The third-order valence-corrected chi connectivity index (χ3v) is 6.03. The molecule has 0 radical (unpaired) electrons. The van der Waals surface area contributed by atoms with Gasteiger partial charge in [-0.3, -0.25) is 19.7 Å². The minimum absolute atomic E-state index is 0.0546. The van der Waals surface area contributed by atoms with E-state index in [2.05, 4.69) is 10.1 Å². The van der Waals surface area contributed by atoms with E-state index in [1.165, 1.54) is 22.7 Å². The average Bonchev–Trinajstić information content (AvgIpc) is 3.24. The number of ether oxygens (including phenoxy) is 1. The van der Waals surface area contributed by atoms with Gasteiger partial charge in [0.1, 0.15) is 6.04 Å². The van der Waals surface area contributed by atoms with Crippen LogP contribution in [0.1, 0.15) is 31.8 Å². The second-order valence-corrected chi connectivity index (χ2v) is 8.10. The third-order valence-electron chi connectivity index (χ3n) is 5.02. The molecule has 2 aromatic rings. The molecule has 1 N–H and O–H groups in total. The highest BCUT2D eigenvalue weighted by Crippen LogP contribution is 2.27. The predicted octanol–water partition coefficient (Wildman–Crippen LogP) is 3.15. The lowest BCUT2D eigenvalue weighted by molar-refractivity contribution is -0.384. The van der Waals surface area contributed by atoms with Crippen LogP contribution < -0.4 is 5.32 Å². The Balaban J connectivity index is 1.85. The number of non-ortho nitro benzene ring substituents is 1. The second kappa shape index (κ2) is 9.17. The van der Waals surface area contributed by atoms with Crippen LogP contribution in [-0.2, 0) is 9.53 Å². The van der Waals surface area contributed by atoms with Crippen molar-refractivity contribution >= 4 is 40.9 Å². The first-order valence-electron chi connectivity index (χ1n) is 9.36. The van der Waals surface area contributed by atoms with Crippen LogP contribution in [0.3, 0.4) is 0 Å². The first kappa shape index (κ1) is 22.3. The first-order chi connectivity index (χ1) is 14.7. The number of anilines is 1. The fourth-order valence-corrected chi connectivity index (χ4v) is 4.30. The van der Waals surface area contributed by atoms with Crippen molar-refractivity contribution in [1.29, 1.82) is 0 Å². The Morgan fingerprint density at radius 2 is 1.84 bits per heavy atom. The van der Waals surface area contributed by atoms with Gasteiger partial charge in [0.15, 0.2) is 0 Å². The number of hydrogen-bond acceptors (Lipinski definition) is 7. The molecule has 3 rings (SSSR count). The van der Waals surface area contributed by atoms with Crippen molar-refractivity contribution in [2.75, 3.05) is 24.1 Å². The summed E-state index contributed by atoms with van der Waals surface area (Å²) in [4.78, 5) is 49.7. The molecular weight excluding hydrogens is 422 g/mol. The number of methoxy groups -OCH3 is 1. The molecule has 1 aliphatic heterocycles. The van der Waals surface area contributed by atoms with Crippen LogP contribution in [0.4, 0.5) is 11.4 Å². The van der Waals surface area contributed by atoms with Gasteiger partial charge in [-0.25, -0.2) is 4.79 Å². The SMILES string of the molecule is COC(=O)c1cc(C(=O)N2CSCC2C(=O)Nc2ccc(C)c(C)c2)cc([N+](=O)[O-])c1. The molecule has 2 amide bonds. The summed E-state index contributed by atoms with van der Waals surface area (Å²) in [6, 6.07) is 8.17. The van der Waals surface area contributed by atoms with E-state index < -0.39 is 28.5 Å². The van der Waals surface area contributed by atoms with Gasteiger partial charge >= 0.3 is 5.97 Å². The van der Waals surface area contributed by atoms with Crippen LogP contribution in [-0.4, -0.2) is 52.4 Å². The standard InChI is InChI=1S/C21H21N3O6S/c1-12-4-5-16(6-13(12)2)22-19(25)18-10-31-11-23(18)20(26)14-7-15(21(27)30-3)9-17(8-14)24(28)29/h4-9,18H,10-11H2,1-3H3,(H,22,25). The van der Waals surface area contributed by atoms with Gasteiger partial charge in [-0.1, -0.05) is 6.07 Å². The van der Waals surface area contributed by atoms with Crippen molar-refractivity contribution in [1.82, 2.24) is 4.90 Å². The van der Waals surface area contributed by atoms with Gasteiger partial charge < -0.3 is 15.0 Å². The normalized spacial score (nSPS) is 15.5. The summed E-state index contributed by atoms with van der Waals surface area (Å²) in [7, 11) is 1.15. The van der Waals surface area contributed by atoms with E-state index in [0.29, 0.717) is 11.4 Å². The number of carbonyl (C=O) groups excluding carboxylic acids is 3. The molecular formula is C21H21N3O6S. The van der Waals surface area contributed by atoms with E-state index in [0.717, 1.165) is 30.4 Å². The van der Waals surface area contributed by atoms with Crippen molar-refractivity contribution < 1.29 is 24.0 Å². The number of nitrogens with zero attached hydrogens (tertiary/aromatic N) is 2. The first-order valence-corrected chi connectivity index (χ1v) is 10.5. The zero-order valence-electron chi connectivity index (χ0n) is 17.2. The molecule has 1 aliphatic rings. The zero-order chi connectivity index (χ0) is 22.7. The van der Waals surface area contributed by atoms with Crippen molar-refractivity contribution in [3.8, 4) is 0 Å². The number of rotatable bonds is 5. The Morgan fingerprint density at radius 1 is 1.13 bits per heavy atom. The summed E-state index contributed by atoms with van der Waals surface area (Å²) >= 11 is 1.40. The van der Waals surface area contributed by atoms with Crippen LogP contribution in [0, 0.1) is 24.0 Å². The molecule has 0 bridgehead atoms. The maximum Gasteiger partial charge on any atom is 0.338 e. The molecule has 162 valence electrons. The minimum Gasteiger partial charge on any atom is -0.465 e. The van der Waals surface area contributed by atoms with Gasteiger partial charge in [0.05, 0.1) is 23.5 Å². The molecule has 9 nitrogen and oxygen atoms in total. The van der Waals surface area contributed by atoms with Crippen LogP contribution >= 0.6 is 11.8 Å². The number of nitro benzene ring substituents is 1. The Morgan fingerprint density at radius 3 is 2.48 bits per heavy atom. The Bertz CT molecular complexity index is 1070. The lowest BCUT2D eigenvalue weighted by Gasteiger charge is -2.23. The van der Waals surface area contributed by atoms with Crippen LogP contribution in [0.5, 0.6) is 0 Å². The molecule has 0 saturated carbocycles. The van der Waals surface area contributed by atoms with Gasteiger partial charge in [-0.15, -0.1) is 11.8 Å². The summed E-state index contributed by atoms with van der Waals surface area (Å²) in [5, 5.41) is 14.1. The lowest BCUT2D eigenvalue weighted by Crippen LogP contribution is -2.44. The largest absolute Gasteiger partial charge is 0.465 e. The lowest BCUT2D eigenvalue weighted by atomic mass is 10.1. The van der Waals surface area contributed by atoms with E-state index in [-0.39, 0.29) is 22.9 Å². The number of aryl methyl sites for hydroxylation is 2. The van der Waals surface area contributed by atoms with Gasteiger partial charge in [0, 0.05) is 29.1 Å². The number of esters is 1. The quantitative estimate of drug-likeness (QED) is 0.428. The Hall–Kier alpha value is -3.40. The molecule has 0 aliphatic carbocycles.